The largest absolute Gasteiger partial charge is 0.351 e. The molecule has 0 fully saturated rings. The first kappa shape index (κ1) is 17.0. The van der Waals surface area contributed by atoms with Crippen LogP contribution in [0.5, 0.6) is 0 Å². The average Bonchev–Trinajstić information content (AvgIpc) is 2.57. The third-order valence-electron chi connectivity index (χ3n) is 3.84. The summed E-state index contributed by atoms with van der Waals surface area (Å²) < 4.78 is 27.0. The van der Waals surface area contributed by atoms with Crippen molar-refractivity contribution in [1.29, 1.82) is 0 Å². The van der Waals surface area contributed by atoms with Crippen molar-refractivity contribution < 1.29 is 13.6 Å². The van der Waals surface area contributed by atoms with Crippen molar-refractivity contribution in [3.8, 4) is 0 Å². The second kappa shape index (κ2) is 6.98. The molecule has 1 amide bonds. The van der Waals surface area contributed by atoms with Crippen LogP contribution in [0.1, 0.15) is 18.5 Å². The molecule has 0 saturated heterocycles. The molecule has 3 rings (SSSR count). The zero-order valence-corrected chi connectivity index (χ0v) is 14.1. The lowest BCUT2D eigenvalue weighted by Gasteiger charge is -2.30. The molecule has 25 heavy (non-hydrogen) atoms. The first-order valence-electron chi connectivity index (χ1n) is 7.55. The van der Waals surface area contributed by atoms with Crippen LogP contribution in [0.3, 0.4) is 0 Å². The number of thiocarbonyl (C=S) groups is 1. The lowest BCUT2D eigenvalue weighted by atomic mass is 9.95. The molecule has 1 aliphatic rings. The van der Waals surface area contributed by atoms with Gasteiger partial charge in [0.2, 0.25) is 0 Å². The van der Waals surface area contributed by atoms with E-state index >= 15 is 0 Å². The number of benzene rings is 2. The lowest BCUT2D eigenvalue weighted by molar-refractivity contribution is -0.113. The Hall–Kier alpha value is -2.80. The van der Waals surface area contributed by atoms with Crippen molar-refractivity contribution in [1.82, 2.24) is 10.6 Å². The van der Waals surface area contributed by atoms with Gasteiger partial charge in [0.15, 0.2) is 5.11 Å². The first-order valence-corrected chi connectivity index (χ1v) is 7.96. The van der Waals surface area contributed by atoms with E-state index < -0.39 is 17.8 Å². The fourth-order valence-electron chi connectivity index (χ4n) is 2.65. The third-order valence-corrected chi connectivity index (χ3v) is 4.06. The summed E-state index contributed by atoms with van der Waals surface area (Å²) in [5, 5.41) is 8.82. The molecule has 0 aliphatic carbocycles. The van der Waals surface area contributed by atoms with Crippen LogP contribution in [0.4, 0.5) is 14.5 Å². The summed E-state index contributed by atoms with van der Waals surface area (Å²) in [6.07, 6.45) is 0. The maximum absolute atomic E-state index is 13.8. The zero-order chi connectivity index (χ0) is 18.0. The summed E-state index contributed by atoms with van der Waals surface area (Å²) in [6, 6.07) is 11.1. The fourth-order valence-corrected chi connectivity index (χ4v) is 2.92. The van der Waals surface area contributed by atoms with Crippen LogP contribution in [0.15, 0.2) is 59.8 Å². The van der Waals surface area contributed by atoms with Crippen LogP contribution >= 0.6 is 12.2 Å². The van der Waals surface area contributed by atoms with Gasteiger partial charge >= 0.3 is 0 Å². The number of carbonyl (C=O) groups is 1. The number of allylic oxidation sites excluding steroid dienone is 1. The van der Waals surface area contributed by atoms with Crippen molar-refractivity contribution in [2.24, 2.45) is 0 Å². The van der Waals surface area contributed by atoms with Crippen molar-refractivity contribution >= 4 is 28.9 Å². The number of rotatable bonds is 3. The van der Waals surface area contributed by atoms with Crippen LogP contribution in [0.25, 0.3) is 0 Å². The van der Waals surface area contributed by atoms with Gasteiger partial charge in [-0.3, -0.25) is 4.79 Å². The third kappa shape index (κ3) is 3.66. The van der Waals surface area contributed by atoms with Crippen LogP contribution in [0, 0.1) is 11.6 Å². The van der Waals surface area contributed by atoms with Gasteiger partial charge in [0.25, 0.3) is 5.91 Å². The molecule has 1 aliphatic heterocycles. The molecule has 1 atom stereocenters. The molecular formula is C18H15F2N3OS. The normalized spacial score (nSPS) is 16.9. The molecule has 0 spiro atoms. The molecule has 2 aromatic rings. The van der Waals surface area contributed by atoms with E-state index in [4.69, 9.17) is 12.2 Å². The van der Waals surface area contributed by atoms with E-state index in [1.54, 1.807) is 31.2 Å². The van der Waals surface area contributed by atoms with Crippen LogP contribution in [-0.2, 0) is 4.79 Å². The van der Waals surface area contributed by atoms with Crippen molar-refractivity contribution in [3.05, 3.63) is 77.0 Å². The van der Waals surface area contributed by atoms with Crippen molar-refractivity contribution in [3.63, 3.8) is 0 Å². The fraction of sp³-hybridized carbons (Fsp3) is 0.111. The summed E-state index contributed by atoms with van der Waals surface area (Å²) in [5.74, 6) is -1.38. The Morgan fingerprint density at radius 2 is 1.80 bits per heavy atom. The van der Waals surface area contributed by atoms with E-state index in [1.807, 2.05) is 0 Å². The van der Waals surface area contributed by atoms with E-state index in [1.165, 1.54) is 24.3 Å². The van der Waals surface area contributed by atoms with E-state index in [-0.39, 0.29) is 11.5 Å². The van der Waals surface area contributed by atoms with E-state index in [0.29, 0.717) is 21.9 Å². The van der Waals surface area contributed by atoms with Crippen LogP contribution in [-0.4, -0.2) is 11.0 Å². The minimum Gasteiger partial charge on any atom is -0.351 e. The number of anilines is 1. The minimum atomic E-state index is -0.568. The van der Waals surface area contributed by atoms with Gasteiger partial charge in [0.05, 0.1) is 17.3 Å². The second-order valence-electron chi connectivity index (χ2n) is 5.56. The summed E-state index contributed by atoms with van der Waals surface area (Å²) in [5.41, 5.74) is 1.65. The smallest absolute Gasteiger partial charge is 0.255 e. The molecule has 128 valence electrons. The number of nitrogens with one attached hydrogen (secondary N) is 3. The summed E-state index contributed by atoms with van der Waals surface area (Å²) in [4.78, 5) is 12.8. The van der Waals surface area contributed by atoms with E-state index in [0.717, 1.165) is 0 Å². The Morgan fingerprint density at radius 3 is 2.48 bits per heavy atom. The van der Waals surface area contributed by atoms with Gasteiger partial charge in [-0.1, -0.05) is 24.3 Å². The Bertz CT molecular complexity index is 865. The van der Waals surface area contributed by atoms with Crippen LogP contribution < -0.4 is 16.0 Å². The number of amides is 1. The highest BCUT2D eigenvalue weighted by atomic mass is 32.1. The zero-order valence-electron chi connectivity index (χ0n) is 13.3. The van der Waals surface area contributed by atoms with Crippen molar-refractivity contribution in [2.45, 2.75) is 13.0 Å². The Kier molecular flexibility index (Phi) is 4.76. The molecule has 3 N–H and O–H groups in total. The molecule has 0 saturated carbocycles. The number of hydrogen-bond donors (Lipinski definition) is 3. The standard InChI is InChI=1S/C18H15F2N3OS/c1-10-15(17(24)22-14-5-3-2-4-13(14)20)16(23-18(25)21-10)11-6-8-12(19)9-7-11/h2-9,16H,1H3,(H,22,24)(H2,21,23,25). The van der Waals surface area contributed by atoms with Gasteiger partial charge in [0, 0.05) is 5.70 Å². The van der Waals surface area contributed by atoms with E-state index in [9.17, 15) is 13.6 Å². The molecule has 0 bridgehead atoms. The lowest BCUT2D eigenvalue weighted by Crippen LogP contribution is -2.45. The molecular weight excluding hydrogens is 344 g/mol. The highest BCUT2D eigenvalue weighted by Crippen LogP contribution is 2.28. The maximum Gasteiger partial charge on any atom is 0.255 e. The number of para-hydroxylation sites is 1. The maximum atomic E-state index is 13.8. The number of halogens is 2. The van der Waals surface area contributed by atoms with E-state index in [2.05, 4.69) is 16.0 Å². The predicted octanol–water partition coefficient (Wildman–Crippen LogP) is 3.40. The molecule has 0 aromatic heterocycles. The van der Waals surface area contributed by atoms with Gasteiger partial charge in [-0.25, -0.2) is 8.78 Å². The highest BCUT2D eigenvalue weighted by molar-refractivity contribution is 7.80. The molecule has 7 heteroatoms. The quantitative estimate of drug-likeness (QED) is 0.736. The topological polar surface area (TPSA) is 53.2 Å². The SMILES string of the molecule is CC1=C(C(=O)Nc2ccccc2F)C(c2ccc(F)cc2)NC(=S)N1. The molecule has 2 aromatic carbocycles. The number of carbonyl (C=O) groups excluding carboxylic acids is 1. The first-order chi connectivity index (χ1) is 12.0. The molecule has 1 heterocycles. The summed E-state index contributed by atoms with van der Waals surface area (Å²) >= 11 is 5.15. The summed E-state index contributed by atoms with van der Waals surface area (Å²) in [6.45, 7) is 1.71. The van der Waals surface area contributed by atoms with Gasteiger partial charge in [-0.2, -0.15) is 0 Å². The molecule has 4 nitrogen and oxygen atoms in total. The van der Waals surface area contributed by atoms with Gasteiger partial charge in [-0.05, 0) is 49.0 Å². The van der Waals surface area contributed by atoms with Gasteiger partial charge in [-0.15, -0.1) is 0 Å². The van der Waals surface area contributed by atoms with Gasteiger partial charge in [0.1, 0.15) is 11.6 Å². The molecule has 1 unspecified atom stereocenters. The average molecular weight is 359 g/mol. The number of hydrogen-bond acceptors (Lipinski definition) is 2. The minimum absolute atomic E-state index is 0.0822. The van der Waals surface area contributed by atoms with Crippen LogP contribution in [0.2, 0.25) is 0 Å². The van der Waals surface area contributed by atoms with Crippen molar-refractivity contribution in [2.75, 3.05) is 5.32 Å². The highest BCUT2D eigenvalue weighted by Gasteiger charge is 2.30. The second-order valence-corrected chi connectivity index (χ2v) is 5.96. The predicted molar refractivity (Wildman–Crippen MR) is 95.7 cm³/mol. The molecule has 0 radical (unpaired) electrons. The Morgan fingerprint density at radius 1 is 1.12 bits per heavy atom. The summed E-state index contributed by atoms with van der Waals surface area (Å²) in [7, 11) is 0. The Labute approximate surface area is 148 Å². The Balaban J connectivity index is 1.96. The van der Waals surface area contributed by atoms with Gasteiger partial charge < -0.3 is 16.0 Å². The monoisotopic (exact) mass is 359 g/mol.